The monoisotopic (exact) mass is 272 g/mol. The maximum absolute atomic E-state index is 14.0. The fourth-order valence-corrected chi connectivity index (χ4v) is 2.01. The topological polar surface area (TPSA) is 53.6 Å². The molecule has 2 rings (SSSR count). The number of nitriles is 1. The fraction of sp³-hybridized carbons (Fsp3) is 0.333. The summed E-state index contributed by atoms with van der Waals surface area (Å²) in [5.41, 5.74) is 1.19. The van der Waals surface area contributed by atoms with Crippen LogP contribution < -0.4 is 5.32 Å². The zero-order chi connectivity index (χ0) is 14.5. The summed E-state index contributed by atoms with van der Waals surface area (Å²) in [4.78, 5) is 3.95. The number of nitrogens with zero attached hydrogens (tertiary/aromatic N) is 3. The number of rotatable bonds is 5. The SMILES string of the molecule is CC(C)CNCc1c(F)cccc1-n1ccnc1C#N. The zero-order valence-corrected chi connectivity index (χ0v) is 11.6. The highest BCUT2D eigenvalue weighted by Gasteiger charge is 2.12. The Hall–Kier alpha value is -2.19. The Morgan fingerprint density at radius 3 is 2.95 bits per heavy atom. The van der Waals surface area contributed by atoms with Crippen LogP contribution in [0.3, 0.4) is 0 Å². The van der Waals surface area contributed by atoms with E-state index in [1.165, 1.54) is 12.3 Å². The maximum atomic E-state index is 14.0. The maximum Gasteiger partial charge on any atom is 0.217 e. The highest BCUT2D eigenvalue weighted by atomic mass is 19.1. The van der Waals surface area contributed by atoms with E-state index >= 15 is 0 Å². The third-order valence-corrected chi connectivity index (χ3v) is 2.95. The lowest BCUT2D eigenvalue weighted by Crippen LogP contribution is -2.21. The summed E-state index contributed by atoms with van der Waals surface area (Å²) >= 11 is 0. The second kappa shape index (κ2) is 6.31. The van der Waals surface area contributed by atoms with Gasteiger partial charge in [0.2, 0.25) is 5.82 Å². The third-order valence-electron chi connectivity index (χ3n) is 2.95. The Morgan fingerprint density at radius 2 is 2.25 bits per heavy atom. The molecule has 0 radical (unpaired) electrons. The van der Waals surface area contributed by atoms with Gasteiger partial charge in [-0.25, -0.2) is 9.37 Å². The average Bonchev–Trinajstić information content (AvgIpc) is 2.88. The van der Waals surface area contributed by atoms with Crippen molar-refractivity contribution in [3.8, 4) is 11.8 Å². The van der Waals surface area contributed by atoms with Gasteiger partial charge in [0, 0.05) is 24.5 Å². The molecule has 0 bridgehead atoms. The molecule has 5 heteroatoms. The Labute approximate surface area is 117 Å². The number of aromatic nitrogens is 2. The number of halogens is 1. The molecule has 0 amide bonds. The number of hydrogen-bond acceptors (Lipinski definition) is 3. The second-order valence-corrected chi connectivity index (χ2v) is 4.99. The first kappa shape index (κ1) is 14.2. The highest BCUT2D eigenvalue weighted by Crippen LogP contribution is 2.19. The van der Waals surface area contributed by atoms with Gasteiger partial charge >= 0.3 is 0 Å². The van der Waals surface area contributed by atoms with E-state index in [1.807, 2.05) is 6.07 Å². The van der Waals surface area contributed by atoms with Gasteiger partial charge in [0.05, 0.1) is 5.69 Å². The molecule has 0 aliphatic carbocycles. The van der Waals surface area contributed by atoms with Crippen LogP contribution in [0, 0.1) is 23.1 Å². The normalized spacial score (nSPS) is 10.8. The van der Waals surface area contributed by atoms with Crippen LogP contribution in [0.4, 0.5) is 4.39 Å². The fourth-order valence-electron chi connectivity index (χ4n) is 2.01. The summed E-state index contributed by atoms with van der Waals surface area (Å²) in [6, 6.07) is 6.86. The molecule has 1 aromatic carbocycles. The highest BCUT2D eigenvalue weighted by molar-refractivity contribution is 5.44. The van der Waals surface area contributed by atoms with Crippen LogP contribution in [-0.2, 0) is 6.54 Å². The van der Waals surface area contributed by atoms with Gasteiger partial charge in [-0.1, -0.05) is 19.9 Å². The lowest BCUT2D eigenvalue weighted by Gasteiger charge is -2.14. The summed E-state index contributed by atoms with van der Waals surface area (Å²) < 4.78 is 15.7. The van der Waals surface area contributed by atoms with Crippen LogP contribution in [0.2, 0.25) is 0 Å². The molecule has 104 valence electrons. The Bertz CT molecular complexity index is 625. The van der Waals surface area contributed by atoms with Gasteiger partial charge in [-0.15, -0.1) is 0 Å². The number of hydrogen-bond donors (Lipinski definition) is 1. The van der Waals surface area contributed by atoms with E-state index in [-0.39, 0.29) is 11.6 Å². The molecule has 0 aliphatic rings. The molecule has 0 aliphatic heterocycles. The molecular weight excluding hydrogens is 255 g/mol. The van der Waals surface area contributed by atoms with Crippen molar-refractivity contribution in [3.05, 3.63) is 47.8 Å². The van der Waals surface area contributed by atoms with Crippen molar-refractivity contribution in [1.82, 2.24) is 14.9 Å². The van der Waals surface area contributed by atoms with Crippen LogP contribution >= 0.6 is 0 Å². The molecule has 1 heterocycles. The van der Waals surface area contributed by atoms with Crippen LogP contribution in [0.5, 0.6) is 0 Å². The van der Waals surface area contributed by atoms with Crippen molar-refractivity contribution in [2.24, 2.45) is 5.92 Å². The molecule has 1 aromatic heterocycles. The van der Waals surface area contributed by atoms with Crippen molar-refractivity contribution in [1.29, 1.82) is 5.26 Å². The van der Waals surface area contributed by atoms with Crippen molar-refractivity contribution < 1.29 is 4.39 Å². The number of imidazole rings is 1. The molecule has 1 N–H and O–H groups in total. The first-order valence-corrected chi connectivity index (χ1v) is 6.55. The van der Waals surface area contributed by atoms with Crippen molar-refractivity contribution in [2.45, 2.75) is 20.4 Å². The first-order valence-electron chi connectivity index (χ1n) is 6.55. The van der Waals surface area contributed by atoms with Crippen LogP contribution in [0.1, 0.15) is 25.2 Å². The van der Waals surface area contributed by atoms with Gasteiger partial charge in [-0.05, 0) is 24.6 Å². The zero-order valence-electron chi connectivity index (χ0n) is 11.6. The molecule has 0 saturated carbocycles. The average molecular weight is 272 g/mol. The van der Waals surface area contributed by atoms with Gasteiger partial charge in [-0.2, -0.15) is 5.26 Å². The summed E-state index contributed by atoms with van der Waals surface area (Å²) in [6.45, 7) is 5.42. The predicted octanol–water partition coefficient (Wildman–Crippen LogP) is 2.63. The molecule has 0 atom stereocenters. The smallest absolute Gasteiger partial charge is 0.217 e. The van der Waals surface area contributed by atoms with E-state index in [9.17, 15) is 4.39 Å². The van der Waals surface area contributed by atoms with Gasteiger partial charge in [0.15, 0.2) is 0 Å². The summed E-state index contributed by atoms with van der Waals surface area (Å²) in [7, 11) is 0. The van der Waals surface area contributed by atoms with Gasteiger partial charge in [0.1, 0.15) is 11.9 Å². The third kappa shape index (κ3) is 3.03. The lowest BCUT2D eigenvalue weighted by atomic mass is 10.1. The van der Waals surface area contributed by atoms with Crippen LogP contribution in [0.15, 0.2) is 30.6 Å². The second-order valence-electron chi connectivity index (χ2n) is 4.99. The Kier molecular flexibility index (Phi) is 4.49. The minimum absolute atomic E-state index is 0.251. The minimum Gasteiger partial charge on any atom is -0.312 e. The van der Waals surface area contributed by atoms with E-state index in [0.29, 0.717) is 23.7 Å². The van der Waals surface area contributed by atoms with Gasteiger partial charge < -0.3 is 5.32 Å². The molecule has 2 aromatic rings. The minimum atomic E-state index is -0.281. The Morgan fingerprint density at radius 1 is 1.45 bits per heavy atom. The van der Waals surface area contributed by atoms with E-state index in [4.69, 9.17) is 5.26 Å². The van der Waals surface area contributed by atoms with E-state index in [0.717, 1.165) is 6.54 Å². The van der Waals surface area contributed by atoms with E-state index in [2.05, 4.69) is 24.1 Å². The number of nitrogens with one attached hydrogen (secondary N) is 1. The quantitative estimate of drug-likeness (QED) is 0.910. The molecule has 20 heavy (non-hydrogen) atoms. The Balaban J connectivity index is 2.34. The van der Waals surface area contributed by atoms with E-state index in [1.54, 1.807) is 22.9 Å². The summed E-state index contributed by atoms with van der Waals surface area (Å²) in [5.74, 6) is 0.463. The summed E-state index contributed by atoms with van der Waals surface area (Å²) in [5, 5.41) is 12.3. The van der Waals surface area contributed by atoms with Gasteiger partial charge in [0.25, 0.3) is 0 Å². The molecule has 4 nitrogen and oxygen atoms in total. The standard InChI is InChI=1S/C15H17FN4/c1-11(2)9-18-10-12-13(16)4-3-5-14(12)20-7-6-19-15(20)8-17/h3-7,11,18H,9-10H2,1-2H3. The van der Waals surface area contributed by atoms with Crippen LogP contribution in [-0.4, -0.2) is 16.1 Å². The van der Waals surface area contributed by atoms with Gasteiger partial charge in [-0.3, -0.25) is 4.57 Å². The largest absolute Gasteiger partial charge is 0.312 e. The predicted molar refractivity (Wildman–Crippen MR) is 74.8 cm³/mol. The van der Waals surface area contributed by atoms with Crippen molar-refractivity contribution in [2.75, 3.05) is 6.54 Å². The summed E-state index contributed by atoms with van der Waals surface area (Å²) in [6.07, 6.45) is 3.20. The van der Waals surface area contributed by atoms with Crippen LogP contribution in [0.25, 0.3) is 5.69 Å². The van der Waals surface area contributed by atoms with Crippen molar-refractivity contribution in [3.63, 3.8) is 0 Å². The van der Waals surface area contributed by atoms with Crippen molar-refractivity contribution >= 4 is 0 Å². The van der Waals surface area contributed by atoms with E-state index < -0.39 is 0 Å². The molecule has 0 saturated heterocycles. The lowest BCUT2D eigenvalue weighted by molar-refractivity contribution is 0.533. The molecule has 0 fully saturated rings. The first-order chi connectivity index (χ1) is 9.63. The molecule has 0 spiro atoms. The number of benzene rings is 1. The molecule has 0 unspecified atom stereocenters. The molecular formula is C15H17FN4.